The summed E-state index contributed by atoms with van der Waals surface area (Å²) in [6, 6.07) is 8.99. The van der Waals surface area contributed by atoms with Crippen molar-refractivity contribution in [3.05, 3.63) is 53.8 Å². The lowest BCUT2D eigenvalue weighted by atomic mass is 9.94. The van der Waals surface area contributed by atoms with Crippen molar-refractivity contribution in [2.24, 2.45) is 0 Å². The zero-order chi connectivity index (χ0) is 21.0. The fraction of sp³-hybridized carbons (Fsp3) is 0.350. The van der Waals surface area contributed by atoms with Crippen LogP contribution in [0.25, 0.3) is 0 Å². The molecular weight excluding hydrogens is 399 g/mol. The van der Waals surface area contributed by atoms with Crippen LogP contribution in [0.2, 0.25) is 0 Å². The number of rotatable bonds is 6. The number of methoxy groups -OCH3 is 1. The monoisotopic (exact) mass is 422 g/mol. The lowest BCUT2D eigenvalue weighted by molar-refractivity contribution is 0.102. The standard InChI is InChI=1S/C20H23FN2O5S/c1-28-19-11-10-17(29(26,27)23-15-6-8-16(24)9-7-15)12-18(19)20(25)22-14-4-2-13(21)3-5-14/h2-5,10-12,15-16,23-24H,6-9H2,1H3,(H,22,25). The number of sulfonamides is 1. The van der Waals surface area contributed by atoms with Crippen LogP contribution in [0.5, 0.6) is 5.75 Å². The first kappa shape index (κ1) is 21.2. The van der Waals surface area contributed by atoms with Crippen molar-refractivity contribution in [3.8, 4) is 5.75 Å². The van der Waals surface area contributed by atoms with Crippen molar-refractivity contribution in [1.29, 1.82) is 0 Å². The lowest BCUT2D eigenvalue weighted by Gasteiger charge is -2.26. The highest BCUT2D eigenvalue weighted by Gasteiger charge is 2.26. The van der Waals surface area contributed by atoms with Gasteiger partial charge in [0.2, 0.25) is 10.0 Å². The fourth-order valence-corrected chi connectivity index (χ4v) is 4.58. The van der Waals surface area contributed by atoms with Crippen LogP contribution < -0.4 is 14.8 Å². The number of nitrogens with one attached hydrogen (secondary N) is 2. The Balaban J connectivity index is 1.82. The second-order valence-corrected chi connectivity index (χ2v) is 8.66. The molecule has 1 amide bonds. The lowest BCUT2D eigenvalue weighted by Crippen LogP contribution is -2.38. The maximum absolute atomic E-state index is 13.0. The topological polar surface area (TPSA) is 105 Å². The Bertz CT molecular complexity index is 971. The molecular formula is C20H23FN2O5S. The average Bonchev–Trinajstić information content (AvgIpc) is 2.70. The zero-order valence-corrected chi connectivity index (χ0v) is 16.7. The SMILES string of the molecule is COc1ccc(S(=O)(=O)NC2CCC(O)CC2)cc1C(=O)Nc1ccc(F)cc1. The summed E-state index contributed by atoms with van der Waals surface area (Å²) < 4.78 is 46.4. The summed E-state index contributed by atoms with van der Waals surface area (Å²) >= 11 is 0. The van der Waals surface area contributed by atoms with Gasteiger partial charge in [-0.15, -0.1) is 0 Å². The Morgan fingerprint density at radius 3 is 2.38 bits per heavy atom. The van der Waals surface area contributed by atoms with E-state index in [2.05, 4.69) is 10.0 Å². The van der Waals surface area contributed by atoms with Crippen molar-refractivity contribution in [2.45, 2.75) is 42.7 Å². The number of aliphatic hydroxyl groups is 1. The molecule has 0 aliphatic heterocycles. The van der Waals surface area contributed by atoms with Gasteiger partial charge in [-0.25, -0.2) is 17.5 Å². The summed E-state index contributed by atoms with van der Waals surface area (Å²) in [7, 11) is -2.47. The van der Waals surface area contributed by atoms with Gasteiger partial charge in [0, 0.05) is 11.7 Å². The zero-order valence-electron chi connectivity index (χ0n) is 15.9. The van der Waals surface area contributed by atoms with E-state index in [0.717, 1.165) is 0 Å². The van der Waals surface area contributed by atoms with Crippen molar-refractivity contribution >= 4 is 21.6 Å². The minimum absolute atomic E-state index is 0.0405. The summed E-state index contributed by atoms with van der Waals surface area (Å²) in [5.74, 6) is -0.800. The maximum atomic E-state index is 13.0. The molecule has 1 saturated carbocycles. The molecule has 0 aromatic heterocycles. The van der Waals surface area contributed by atoms with E-state index < -0.39 is 27.9 Å². The number of carbonyl (C=O) groups excluding carboxylic acids is 1. The molecule has 2 aromatic carbocycles. The molecule has 3 N–H and O–H groups in total. The third-order valence-electron chi connectivity index (χ3n) is 4.85. The van der Waals surface area contributed by atoms with Gasteiger partial charge in [-0.1, -0.05) is 0 Å². The molecule has 0 unspecified atom stereocenters. The molecule has 29 heavy (non-hydrogen) atoms. The third kappa shape index (κ3) is 5.31. The minimum Gasteiger partial charge on any atom is -0.496 e. The molecule has 0 heterocycles. The van der Waals surface area contributed by atoms with Gasteiger partial charge in [-0.3, -0.25) is 4.79 Å². The molecule has 2 aromatic rings. The minimum atomic E-state index is -3.85. The van der Waals surface area contributed by atoms with E-state index in [1.165, 1.54) is 49.6 Å². The highest BCUT2D eigenvalue weighted by atomic mass is 32.2. The van der Waals surface area contributed by atoms with Gasteiger partial charge in [-0.2, -0.15) is 0 Å². The predicted molar refractivity (Wildman–Crippen MR) is 106 cm³/mol. The van der Waals surface area contributed by atoms with Crippen LogP contribution in [0.15, 0.2) is 47.4 Å². The number of amides is 1. The second kappa shape index (κ2) is 8.89. The normalized spacial score (nSPS) is 19.6. The van der Waals surface area contributed by atoms with Crippen molar-refractivity contribution in [2.75, 3.05) is 12.4 Å². The largest absolute Gasteiger partial charge is 0.496 e. The first-order valence-electron chi connectivity index (χ1n) is 9.24. The van der Waals surface area contributed by atoms with Crippen molar-refractivity contribution < 1.29 is 27.4 Å². The number of carbonyl (C=O) groups is 1. The second-order valence-electron chi connectivity index (χ2n) is 6.95. The van der Waals surface area contributed by atoms with Gasteiger partial charge in [0.05, 0.1) is 23.7 Å². The number of aliphatic hydroxyl groups excluding tert-OH is 1. The highest BCUT2D eigenvalue weighted by molar-refractivity contribution is 7.89. The van der Waals surface area contributed by atoms with Gasteiger partial charge in [0.25, 0.3) is 5.91 Å². The smallest absolute Gasteiger partial charge is 0.259 e. The Kier molecular flexibility index (Phi) is 6.51. The summed E-state index contributed by atoms with van der Waals surface area (Å²) in [5, 5.41) is 12.2. The first-order chi connectivity index (χ1) is 13.8. The molecule has 0 atom stereocenters. The van der Waals surface area contributed by atoms with Crippen LogP contribution in [0.4, 0.5) is 10.1 Å². The maximum Gasteiger partial charge on any atom is 0.259 e. The van der Waals surface area contributed by atoms with Crippen molar-refractivity contribution in [3.63, 3.8) is 0 Å². The van der Waals surface area contributed by atoms with Crippen LogP contribution in [0, 0.1) is 5.82 Å². The predicted octanol–water partition coefficient (Wildman–Crippen LogP) is 2.67. The van der Waals surface area contributed by atoms with E-state index in [1.807, 2.05) is 0 Å². The summed E-state index contributed by atoms with van der Waals surface area (Å²) in [6.45, 7) is 0. The van der Waals surface area contributed by atoms with Gasteiger partial charge in [0.1, 0.15) is 11.6 Å². The molecule has 1 fully saturated rings. The van der Waals surface area contributed by atoms with Crippen LogP contribution in [-0.2, 0) is 10.0 Å². The van der Waals surface area contributed by atoms with Crippen molar-refractivity contribution in [1.82, 2.24) is 4.72 Å². The van der Waals surface area contributed by atoms with Gasteiger partial charge in [-0.05, 0) is 68.1 Å². The van der Waals surface area contributed by atoms with E-state index in [1.54, 1.807) is 0 Å². The molecule has 0 saturated heterocycles. The first-order valence-corrected chi connectivity index (χ1v) is 10.7. The van der Waals surface area contributed by atoms with E-state index in [0.29, 0.717) is 31.4 Å². The van der Waals surface area contributed by atoms with Crippen LogP contribution >= 0.6 is 0 Å². The Morgan fingerprint density at radius 1 is 1.10 bits per heavy atom. The van der Waals surface area contributed by atoms with Gasteiger partial charge < -0.3 is 15.2 Å². The quantitative estimate of drug-likeness (QED) is 0.664. The van der Waals surface area contributed by atoms with Gasteiger partial charge >= 0.3 is 0 Å². The number of halogens is 1. The average molecular weight is 422 g/mol. The highest BCUT2D eigenvalue weighted by Crippen LogP contribution is 2.25. The van der Waals surface area contributed by atoms with E-state index in [4.69, 9.17) is 4.74 Å². The molecule has 0 radical (unpaired) electrons. The molecule has 9 heteroatoms. The van der Waals surface area contributed by atoms with Gasteiger partial charge in [0.15, 0.2) is 0 Å². The summed E-state index contributed by atoms with van der Waals surface area (Å²) in [5.41, 5.74) is 0.407. The van der Waals surface area contributed by atoms with Crippen LogP contribution in [0.1, 0.15) is 36.0 Å². The number of hydrogen-bond acceptors (Lipinski definition) is 5. The molecule has 1 aliphatic carbocycles. The number of ether oxygens (including phenoxy) is 1. The number of anilines is 1. The van der Waals surface area contributed by atoms with Crippen LogP contribution in [0.3, 0.4) is 0 Å². The molecule has 0 spiro atoms. The summed E-state index contributed by atoms with van der Waals surface area (Å²) in [4.78, 5) is 12.6. The molecule has 7 nitrogen and oxygen atoms in total. The van der Waals surface area contributed by atoms with Crippen LogP contribution in [-0.4, -0.2) is 38.7 Å². The Hall–Kier alpha value is -2.49. The van der Waals surface area contributed by atoms with E-state index in [-0.39, 0.29) is 22.3 Å². The number of benzene rings is 2. The number of hydrogen-bond donors (Lipinski definition) is 3. The van der Waals surface area contributed by atoms with E-state index in [9.17, 15) is 22.7 Å². The molecule has 1 aliphatic rings. The van der Waals surface area contributed by atoms with E-state index >= 15 is 0 Å². The Labute approximate surface area is 168 Å². The molecule has 156 valence electrons. The molecule has 3 rings (SSSR count). The molecule has 0 bridgehead atoms. The summed E-state index contributed by atoms with van der Waals surface area (Å²) in [6.07, 6.45) is 1.80. The third-order valence-corrected chi connectivity index (χ3v) is 6.36. The fourth-order valence-electron chi connectivity index (χ4n) is 3.24. The Morgan fingerprint density at radius 2 is 1.76 bits per heavy atom.